The minimum absolute atomic E-state index is 0.0261. The predicted octanol–water partition coefficient (Wildman–Crippen LogP) is -1.56. The van der Waals surface area contributed by atoms with Crippen LogP contribution in [-0.4, -0.2) is 67.4 Å². The van der Waals surface area contributed by atoms with Gasteiger partial charge >= 0.3 is 0 Å². The summed E-state index contributed by atoms with van der Waals surface area (Å²) >= 11 is 1.16. The number of hydrogen-bond donors (Lipinski definition) is 3. The molecule has 0 aromatic carbocycles. The Labute approximate surface area is 150 Å². The third kappa shape index (κ3) is 3.45. The van der Waals surface area contributed by atoms with Crippen LogP contribution in [-0.2, 0) is 25.9 Å². The topological polar surface area (TPSA) is 174 Å². The molecule has 2 aromatic rings. The Morgan fingerprint density at radius 1 is 1.58 bits per heavy atom. The van der Waals surface area contributed by atoms with Crippen molar-refractivity contribution in [2.75, 3.05) is 12.8 Å². The lowest BCUT2D eigenvalue weighted by Crippen LogP contribution is -2.69. The highest BCUT2D eigenvalue weighted by Gasteiger charge is 2.47. The molecule has 2 amide bonds. The van der Waals surface area contributed by atoms with Crippen LogP contribution >= 0.6 is 11.3 Å². The standard InChI is InChI=1S/C12H15N9O4S/c1-5-8(11(23)21(5)25-3-7-16-19-20-17-7)15-10(22)9(18-24-2)6-4-26-12(13)14-6/h4-5,8H,3H2,1-2H3,(H2,13,14)(H,15,22)(H,16,17,19,20)/b18-9-/t5-,8-/m0/s1. The number of hydroxylamine groups is 2. The van der Waals surface area contributed by atoms with Crippen molar-refractivity contribution < 1.29 is 19.3 Å². The third-order valence-corrected chi connectivity index (χ3v) is 4.18. The number of oxime groups is 1. The van der Waals surface area contributed by atoms with E-state index in [2.05, 4.69) is 40.9 Å². The van der Waals surface area contributed by atoms with E-state index in [-0.39, 0.29) is 23.1 Å². The van der Waals surface area contributed by atoms with E-state index in [1.807, 2.05) is 0 Å². The SMILES string of the molecule is CO/N=C(\C(=O)N[C@@H]1C(=O)N(OCc2nn[nH]n2)[C@H]1C)c1csc(N)n1. The number of nitrogens with two attached hydrogens (primary N) is 1. The van der Waals surface area contributed by atoms with Crippen molar-refractivity contribution in [3.63, 3.8) is 0 Å². The van der Waals surface area contributed by atoms with Crippen LogP contribution < -0.4 is 11.1 Å². The van der Waals surface area contributed by atoms with E-state index in [9.17, 15) is 9.59 Å². The number of nitrogens with one attached hydrogen (secondary N) is 2. The van der Waals surface area contributed by atoms with E-state index in [0.717, 1.165) is 16.4 Å². The van der Waals surface area contributed by atoms with Crippen molar-refractivity contribution in [3.8, 4) is 0 Å². The van der Waals surface area contributed by atoms with E-state index >= 15 is 0 Å². The van der Waals surface area contributed by atoms with Crippen LogP contribution in [0.2, 0.25) is 0 Å². The van der Waals surface area contributed by atoms with Gasteiger partial charge in [-0.05, 0) is 6.92 Å². The Hall–Kier alpha value is -3.13. The molecular formula is C12H15N9O4S. The Kier molecular flexibility index (Phi) is 5.04. The molecule has 0 saturated carbocycles. The highest BCUT2D eigenvalue weighted by molar-refractivity contribution is 7.13. The van der Waals surface area contributed by atoms with Crippen molar-refractivity contribution in [3.05, 3.63) is 16.9 Å². The van der Waals surface area contributed by atoms with Gasteiger partial charge in [0.25, 0.3) is 11.8 Å². The highest BCUT2D eigenvalue weighted by Crippen LogP contribution is 2.21. The molecule has 138 valence electrons. The molecular weight excluding hydrogens is 366 g/mol. The molecule has 0 spiro atoms. The molecule has 4 N–H and O–H groups in total. The van der Waals surface area contributed by atoms with Gasteiger partial charge in [-0.1, -0.05) is 10.4 Å². The normalized spacial score (nSPS) is 20.0. The van der Waals surface area contributed by atoms with Crippen LogP contribution in [0.1, 0.15) is 18.4 Å². The number of H-pyrrole nitrogens is 1. The number of hydrogen-bond acceptors (Lipinski definition) is 11. The lowest BCUT2D eigenvalue weighted by molar-refractivity contribution is -0.238. The van der Waals surface area contributed by atoms with Crippen LogP contribution in [0, 0.1) is 0 Å². The molecule has 13 nitrogen and oxygen atoms in total. The first kappa shape index (κ1) is 17.7. The Morgan fingerprint density at radius 2 is 2.38 bits per heavy atom. The molecule has 3 rings (SSSR count). The lowest BCUT2D eigenvalue weighted by atomic mass is 10.00. The number of anilines is 1. The molecule has 3 heterocycles. The summed E-state index contributed by atoms with van der Waals surface area (Å²) in [6, 6.07) is -1.17. The Bertz CT molecular complexity index is 821. The van der Waals surface area contributed by atoms with E-state index in [1.54, 1.807) is 12.3 Å². The molecule has 0 bridgehead atoms. The summed E-state index contributed by atoms with van der Waals surface area (Å²) in [5, 5.41) is 22.3. The number of rotatable bonds is 7. The number of thiazole rings is 1. The molecule has 1 fully saturated rings. The van der Waals surface area contributed by atoms with Crippen molar-refractivity contribution >= 4 is 34.0 Å². The number of carbonyl (C=O) groups excluding carboxylic acids is 2. The highest BCUT2D eigenvalue weighted by atomic mass is 32.1. The van der Waals surface area contributed by atoms with Crippen molar-refractivity contribution in [2.24, 2.45) is 5.16 Å². The van der Waals surface area contributed by atoms with Gasteiger partial charge in [0.2, 0.25) is 5.82 Å². The molecule has 2 aromatic heterocycles. The minimum atomic E-state index is -0.772. The summed E-state index contributed by atoms with van der Waals surface area (Å²) < 4.78 is 0. The number of aromatic amines is 1. The van der Waals surface area contributed by atoms with Gasteiger partial charge < -0.3 is 15.9 Å². The first-order valence-electron chi connectivity index (χ1n) is 7.33. The molecule has 2 atom stereocenters. The zero-order valence-corrected chi connectivity index (χ0v) is 14.6. The predicted molar refractivity (Wildman–Crippen MR) is 87.3 cm³/mol. The molecule has 1 saturated heterocycles. The molecule has 26 heavy (non-hydrogen) atoms. The second-order valence-corrected chi connectivity index (χ2v) is 6.04. The maximum absolute atomic E-state index is 12.4. The smallest absolute Gasteiger partial charge is 0.276 e. The largest absolute Gasteiger partial charge is 0.398 e. The van der Waals surface area contributed by atoms with Crippen molar-refractivity contribution in [1.29, 1.82) is 0 Å². The van der Waals surface area contributed by atoms with Gasteiger partial charge in [-0.25, -0.2) is 10.0 Å². The minimum Gasteiger partial charge on any atom is -0.398 e. The fourth-order valence-electron chi connectivity index (χ4n) is 2.23. The number of β-lactam (4-membered cyclic amide) rings is 1. The van der Waals surface area contributed by atoms with E-state index in [0.29, 0.717) is 5.82 Å². The van der Waals surface area contributed by atoms with Gasteiger partial charge in [0.15, 0.2) is 10.8 Å². The molecule has 1 aliphatic heterocycles. The quantitative estimate of drug-likeness (QED) is 0.291. The summed E-state index contributed by atoms with van der Waals surface area (Å²) in [5.74, 6) is -0.725. The first-order chi connectivity index (χ1) is 12.5. The van der Waals surface area contributed by atoms with E-state index < -0.39 is 23.9 Å². The zero-order chi connectivity index (χ0) is 18.7. The van der Waals surface area contributed by atoms with Gasteiger partial charge in [0, 0.05) is 5.38 Å². The maximum Gasteiger partial charge on any atom is 0.276 e. The fourth-order valence-corrected chi connectivity index (χ4v) is 2.78. The van der Waals surface area contributed by atoms with Gasteiger partial charge in [0.1, 0.15) is 25.5 Å². The molecule has 1 aliphatic rings. The van der Waals surface area contributed by atoms with Crippen LogP contribution in [0.4, 0.5) is 5.13 Å². The van der Waals surface area contributed by atoms with E-state index in [4.69, 9.17) is 10.6 Å². The summed E-state index contributed by atoms with van der Waals surface area (Å²) in [4.78, 5) is 38.7. The third-order valence-electron chi connectivity index (χ3n) is 3.51. The molecule has 0 radical (unpaired) electrons. The monoisotopic (exact) mass is 381 g/mol. The van der Waals surface area contributed by atoms with Gasteiger partial charge in [0.05, 0.1) is 6.04 Å². The number of aromatic nitrogens is 5. The molecule has 14 heteroatoms. The van der Waals surface area contributed by atoms with E-state index in [1.165, 1.54) is 7.11 Å². The maximum atomic E-state index is 12.4. The summed E-state index contributed by atoms with van der Waals surface area (Å²) in [7, 11) is 1.30. The zero-order valence-electron chi connectivity index (χ0n) is 13.7. The Balaban J connectivity index is 1.60. The summed E-state index contributed by atoms with van der Waals surface area (Å²) in [5.41, 5.74) is 5.76. The molecule has 0 unspecified atom stereocenters. The van der Waals surface area contributed by atoms with Crippen LogP contribution in [0.3, 0.4) is 0 Å². The van der Waals surface area contributed by atoms with Gasteiger partial charge in [-0.15, -0.1) is 21.5 Å². The number of carbonyl (C=O) groups is 2. The van der Waals surface area contributed by atoms with Crippen molar-refractivity contribution in [1.82, 2.24) is 36.0 Å². The number of amides is 2. The number of tetrazole rings is 1. The number of nitrogen functional groups attached to an aromatic ring is 1. The fraction of sp³-hybridized carbons (Fsp3) is 0.417. The summed E-state index contributed by atoms with van der Waals surface area (Å²) in [6.45, 7) is 1.69. The second-order valence-electron chi connectivity index (χ2n) is 5.15. The second kappa shape index (κ2) is 7.40. The Morgan fingerprint density at radius 3 is 2.96 bits per heavy atom. The number of nitrogens with zero attached hydrogens (tertiary/aromatic N) is 6. The van der Waals surface area contributed by atoms with Crippen LogP contribution in [0.5, 0.6) is 0 Å². The molecule has 0 aliphatic carbocycles. The lowest BCUT2D eigenvalue weighted by Gasteiger charge is -2.43. The van der Waals surface area contributed by atoms with Gasteiger partial charge in [-0.2, -0.15) is 5.21 Å². The average molecular weight is 381 g/mol. The van der Waals surface area contributed by atoms with Gasteiger partial charge in [-0.3, -0.25) is 14.4 Å². The van der Waals surface area contributed by atoms with Crippen LogP contribution in [0.15, 0.2) is 10.5 Å². The summed E-state index contributed by atoms with van der Waals surface area (Å²) in [6.07, 6.45) is 0. The van der Waals surface area contributed by atoms with Crippen molar-refractivity contribution in [2.45, 2.75) is 25.6 Å². The average Bonchev–Trinajstić information content (AvgIpc) is 3.29. The first-order valence-corrected chi connectivity index (χ1v) is 8.21. The van der Waals surface area contributed by atoms with Crippen LogP contribution in [0.25, 0.3) is 0 Å².